The third-order valence-corrected chi connectivity index (χ3v) is 13.9. The second-order valence-electron chi connectivity index (χ2n) is 15.5. The molecule has 5 aliphatic rings. The van der Waals surface area contributed by atoms with Crippen LogP contribution in [0.3, 0.4) is 0 Å². The van der Waals surface area contributed by atoms with E-state index in [1.807, 2.05) is 31.9 Å². The molecule has 9 rings (SSSR count). The van der Waals surface area contributed by atoms with Crippen molar-refractivity contribution in [2.75, 3.05) is 34.6 Å². The van der Waals surface area contributed by atoms with E-state index in [0.717, 1.165) is 39.4 Å². The van der Waals surface area contributed by atoms with Crippen LogP contribution in [0.1, 0.15) is 79.5 Å². The lowest BCUT2D eigenvalue weighted by atomic mass is 9.72. The zero-order valence-corrected chi connectivity index (χ0v) is 31.4. The first-order chi connectivity index (χ1) is 24.7. The number of nitrogens with zero attached hydrogens (tertiary/aromatic N) is 2. The van der Waals surface area contributed by atoms with Gasteiger partial charge in [-0.2, -0.15) is 0 Å². The van der Waals surface area contributed by atoms with Crippen molar-refractivity contribution >= 4 is 82.0 Å². The van der Waals surface area contributed by atoms with Crippen LogP contribution in [0, 0.1) is 30.1 Å². The highest BCUT2D eigenvalue weighted by atomic mass is 35.5. The average molecular weight is 770 g/mol. The number of phosphoric ester groups is 1. The second-order valence-corrected chi connectivity index (χ2v) is 17.3. The molecule has 4 heterocycles. The van der Waals surface area contributed by atoms with Crippen LogP contribution >= 0.6 is 31.0 Å². The molecule has 0 bridgehead atoms. The molecule has 12 nitrogen and oxygen atoms in total. The Balaban J connectivity index is 1.03. The Hall–Kier alpha value is -3.54. The number of hydrogen-bond donors (Lipinski definition) is 4. The summed E-state index contributed by atoms with van der Waals surface area (Å²) in [6, 6.07) is 3.32. The predicted molar refractivity (Wildman–Crippen MR) is 197 cm³/mol. The SMILES string of the molecule is CCCCC(=O)Oc1cc2c(c3c(C)c[nH]c13)[C@H](CCl)CN2C(=O)C12CC3(C(=O)N4CC(CCl)c5c4cc(OP(=O)(O)O)c4[nH]cc(C)c54)CC31C2. The summed E-state index contributed by atoms with van der Waals surface area (Å²) < 4.78 is 22.9. The number of aromatic nitrogens is 2. The van der Waals surface area contributed by atoms with Gasteiger partial charge in [-0.05, 0) is 61.8 Å². The van der Waals surface area contributed by atoms with Crippen LogP contribution in [0.15, 0.2) is 24.5 Å². The number of rotatable bonds is 10. The van der Waals surface area contributed by atoms with E-state index in [1.165, 1.54) is 6.07 Å². The summed E-state index contributed by atoms with van der Waals surface area (Å²) in [7, 11) is -4.91. The zero-order chi connectivity index (χ0) is 36.7. The second kappa shape index (κ2) is 11.2. The molecule has 4 N–H and O–H groups in total. The van der Waals surface area contributed by atoms with E-state index < -0.39 is 24.1 Å². The fraction of sp³-hybridized carbons (Fsp3) is 0.486. The molecule has 3 aliphatic carbocycles. The Morgan fingerprint density at radius 3 is 1.83 bits per heavy atom. The number of hydrogen-bond acceptors (Lipinski definition) is 6. The van der Waals surface area contributed by atoms with E-state index in [9.17, 15) is 28.7 Å². The van der Waals surface area contributed by atoms with Gasteiger partial charge in [-0.25, -0.2) is 4.57 Å². The number of ether oxygens (including phenoxy) is 1. The Morgan fingerprint density at radius 1 is 0.865 bits per heavy atom. The third-order valence-electron chi connectivity index (χ3n) is 12.7. The average Bonchev–Trinajstić information content (AvgIpc) is 3.50. The van der Waals surface area contributed by atoms with Crippen molar-refractivity contribution in [2.24, 2.45) is 16.2 Å². The van der Waals surface area contributed by atoms with Crippen molar-refractivity contribution in [3.63, 3.8) is 0 Å². The van der Waals surface area contributed by atoms with E-state index >= 15 is 0 Å². The topological polar surface area (TPSA) is 165 Å². The summed E-state index contributed by atoms with van der Waals surface area (Å²) in [5, 5.41) is 1.65. The molecule has 2 aliphatic heterocycles. The molecule has 2 aromatic heterocycles. The molecule has 2 aromatic carbocycles. The standard InChI is InChI=1S/C37H39Cl2N4O8P/c1-4-5-6-26(44)50-24-7-22-29(27-18(2)11-40-31(24)27)20(9-38)13-42(22)33(45)35-15-36(17-37(35,36)16-35)34(46)43-14-21(10-39)30-23(43)8-25(51-52(47,48)49)32-28(30)19(3)12-41-32/h7-8,11-12,20-21,40-41H,4-6,9-10,13-17H2,1-3H3,(H2,47,48,49)/t20-,21?,35?,36?,37?/m1/s1. The number of H-pyrrole nitrogens is 2. The number of aromatic amines is 2. The smallest absolute Gasteiger partial charge is 0.424 e. The first-order valence-electron chi connectivity index (χ1n) is 17.8. The summed E-state index contributed by atoms with van der Waals surface area (Å²) in [6.07, 6.45) is 7.11. The summed E-state index contributed by atoms with van der Waals surface area (Å²) in [5.74, 6) is 0.132. The number of nitrogens with one attached hydrogen (secondary N) is 2. The fourth-order valence-electron chi connectivity index (χ4n) is 10.3. The van der Waals surface area contributed by atoms with Gasteiger partial charge in [0.05, 0.1) is 33.2 Å². The number of phosphoric acid groups is 1. The molecule has 0 saturated heterocycles. The van der Waals surface area contributed by atoms with Gasteiger partial charge in [0.25, 0.3) is 0 Å². The number of halogens is 2. The van der Waals surface area contributed by atoms with E-state index in [0.29, 0.717) is 79.2 Å². The Morgan fingerprint density at radius 2 is 1.37 bits per heavy atom. The Kier molecular flexibility index (Phi) is 7.40. The first-order valence-corrected chi connectivity index (χ1v) is 20.4. The van der Waals surface area contributed by atoms with Crippen molar-refractivity contribution in [1.29, 1.82) is 0 Å². The van der Waals surface area contributed by atoms with Crippen molar-refractivity contribution in [3.05, 3.63) is 46.8 Å². The molecule has 5 atom stereocenters. The fourth-order valence-corrected chi connectivity index (χ4v) is 11.2. The lowest BCUT2D eigenvalue weighted by Gasteiger charge is -2.37. The molecule has 1 spiro atoms. The molecular formula is C37H39Cl2N4O8P. The van der Waals surface area contributed by atoms with E-state index in [2.05, 4.69) is 9.97 Å². The minimum absolute atomic E-state index is 0.0273. The van der Waals surface area contributed by atoms with E-state index in [-0.39, 0.29) is 41.2 Å². The number of aryl methyl sites for hydroxylation is 2. The number of carbonyl (C=O) groups excluding carboxylic acids is 3. The number of carbonyl (C=O) groups is 3. The van der Waals surface area contributed by atoms with Crippen LogP contribution in [-0.4, -0.2) is 62.4 Å². The van der Waals surface area contributed by atoms with Crippen LogP contribution < -0.4 is 19.1 Å². The maximum absolute atomic E-state index is 14.7. The number of esters is 1. The Bertz CT molecular complexity index is 2320. The van der Waals surface area contributed by atoms with E-state index in [4.69, 9.17) is 32.5 Å². The number of unbranched alkanes of at least 4 members (excludes halogenated alkanes) is 1. The minimum atomic E-state index is -4.91. The number of benzene rings is 2. The molecule has 15 heteroatoms. The quantitative estimate of drug-likeness (QED) is 0.0577. The van der Waals surface area contributed by atoms with Crippen molar-refractivity contribution in [3.8, 4) is 11.5 Å². The van der Waals surface area contributed by atoms with Crippen molar-refractivity contribution < 1.29 is 38.0 Å². The molecule has 0 radical (unpaired) electrons. The van der Waals surface area contributed by atoms with Crippen LogP contribution in [0.5, 0.6) is 11.5 Å². The highest BCUT2D eigenvalue weighted by molar-refractivity contribution is 7.46. The largest absolute Gasteiger partial charge is 0.524 e. The lowest BCUT2D eigenvalue weighted by molar-refractivity contribution is -0.135. The molecule has 52 heavy (non-hydrogen) atoms. The summed E-state index contributed by atoms with van der Waals surface area (Å²) in [4.78, 5) is 71.4. The highest BCUT2D eigenvalue weighted by Crippen LogP contribution is 3.01. The van der Waals surface area contributed by atoms with Crippen LogP contribution in [0.2, 0.25) is 0 Å². The first kappa shape index (κ1) is 34.2. The molecular weight excluding hydrogens is 730 g/mol. The highest BCUT2D eigenvalue weighted by Gasteiger charge is 3.01. The van der Waals surface area contributed by atoms with Crippen molar-refractivity contribution in [2.45, 2.75) is 71.1 Å². The molecule has 3 fully saturated rings. The third kappa shape index (κ3) is 4.42. The predicted octanol–water partition coefficient (Wildman–Crippen LogP) is 7.04. The molecule has 274 valence electrons. The zero-order valence-electron chi connectivity index (χ0n) is 29.0. The van der Waals surface area contributed by atoms with Gasteiger partial charge in [0, 0.05) is 83.8 Å². The van der Waals surface area contributed by atoms with Crippen LogP contribution in [0.25, 0.3) is 21.8 Å². The maximum Gasteiger partial charge on any atom is 0.524 e. The van der Waals surface area contributed by atoms with Gasteiger partial charge in [0.2, 0.25) is 11.8 Å². The summed E-state index contributed by atoms with van der Waals surface area (Å²) in [6.45, 7) is 6.60. The van der Waals surface area contributed by atoms with Gasteiger partial charge < -0.3 is 29.0 Å². The van der Waals surface area contributed by atoms with Gasteiger partial charge in [0.1, 0.15) is 0 Å². The number of fused-ring (bicyclic) bond motifs is 6. The Labute approximate surface area is 309 Å². The van der Waals surface area contributed by atoms with Gasteiger partial charge >= 0.3 is 13.8 Å². The normalized spacial score (nSPS) is 28.0. The van der Waals surface area contributed by atoms with Crippen molar-refractivity contribution in [1.82, 2.24) is 9.97 Å². The number of alkyl halides is 2. The minimum Gasteiger partial charge on any atom is -0.424 e. The lowest BCUT2D eigenvalue weighted by Crippen LogP contribution is -2.49. The summed E-state index contributed by atoms with van der Waals surface area (Å²) in [5.41, 5.74) is 4.18. The molecule has 4 aromatic rings. The maximum atomic E-state index is 14.7. The van der Waals surface area contributed by atoms with E-state index in [1.54, 1.807) is 17.2 Å². The van der Waals surface area contributed by atoms with Gasteiger partial charge in [0.15, 0.2) is 11.5 Å². The molecule has 3 saturated carbocycles. The number of anilines is 2. The van der Waals surface area contributed by atoms with Crippen LogP contribution in [0.4, 0.5) is 11.4 Å². The van der Waals surface area contributed by atoms with Gasteiger partial charge in [-0.3, -0.25) is 24.2 Å². The van der Waals surface area contributed by atoms with Crippen LogP contribution in [-0.2, 0) is 18.9 Å². The molecule has 2 amide bonds. The molecule has 4 unspecified atom stereocenters. The summed E-state index contributed by atoms with van der Waals surface area (Å²) >= 11 is 13.0. The van der Waals surface area contributed by atoms with Gasteiger partial charge in [-0.15, -0.1) is 23.2 Å². The monoisotopic (exact) mass is 768 g/mol. The number of amides is 2. The van der Waals surface area contributed by atoms with Gasteiger partial charge in [-0.1, -0.05) is 13.3 Å².